The van der Waals surface area contributed by atoms with Crippen LogP contribution in [-0.4, -0.2) is 10.9 Å². The molecule has 0 aliphatic rings. The Bertz CT molecular complexity index is 990. The van der Waals surface area contributed by atoms with Crippen LogP contribution in [0, 0.1) is 19.7 Å². The first-order valence-corrected chi connectivity index (χ1v) is 9.92. The Morgan fingerprint density at radius 1 is 1.22 bits per heavy atom. The summed E-state index contributed by atoms with van der Waals surface area (Å²) < 4.78 is 19.4. The van der Waals surface area contributed by atoms with Crippen LogP contribution >= 0.6 is 27.3 Å². The van der Waals surface area contributed by atoms with E-state index < -0.39 is 0 Å². The predicted octanol–water partition coefficient (Wildman–Crippen LogP) is 5.93. The minimum atomic E-state index is -0.337. The molecule has 1 aromatic heterocycles. The van der Waals surface area contributed by atoms with Gasteiger partial charge in [0.15, 0.2) is 5.13 Å². The number of hydrogen-bond acceptors (Lipinski definition) is 4. The molecule has 0 aliphatic heterocycles. The molecule has 0 N–H and O–H groups in total. The van der Waals surface area contributed by atoms with Crippen LogP contribution in [0.1, 0.15) is 23.7 Å². The molecule has 27 heavy (non-hydrogen) atoms. The number of aromatic nitrogens is 1. The Morgan fingerprint density at radius 2 is 2.00 bits per heavy atom. The number of nitrogens with zero attached hydrogens (tertiary/aromatic N) is 2. The highest BCUT2D eigenvalue weighted by Crippen LogP contribution is 2.31. The molecule has 2 aromatic carbocycles. The minimum absolute atomic E-state index is 0.110. The Labute approximate surface area is 169 Å². The van der Waals surface area contributed by atoms with E-state index in [-0.39, 0.29) is 18.3 Å². The van der Waals surface area contributed by atoms with Crippen molar-refractivity contribution in [1.82, 2.24) is 4.98 Å². The predicted molar refractivity (Wildman–Crippen MR) is 109 cm³/mol. The largest absolute Gasteiger partial charge is 0.486 e. The van der Waals surface area contributed by atoms with Crippen molar-refractivity contribution < 1.29 is 13.9 Å². The number of benzene rings is 2. The van der Waals surface area contributed by atoms with Crippen molar-refractivity contribution in [2.24, 2.45) is 0 Å². The van der Waals surface area contributed by atoms with Crippen molar-refractivity contribution in [2.45, 2.75) is 27.4 Å². The number of rotatable bonds is 5. The summed E-state index contributed by atoms with van der Waals surface area (Å²) in [6.45, 7) is 5.78. The van der Waals surface area contributed by atoms with Crippen LogP contribution < -0.4 is 9.64 Å². The molecule has 0 atom stereocenters. The maximum absolute atomic E-state index is 13.2. The zero-order chi connectivity index (χ0) is 19.6. The van der Waals surface area contributed by atoms with Crippen LogP contribution in [0.25, 0.3) is 0 Å². The van der Waals surface area contributed by atoms with Gasteiger partial charge >= 0.3 is 0 Å². The molecule has 1 amide bonds. The van der Waals surface area contributed by atoms with E-state index in [1.165, 1.54) is 36.0 Å². The van der Waals surface area contributed by atoms with Gasteiger partial charge in [-0.3, -0.25) is 9.69 Å². The monoisotopic (exact) mass is 448 g/mol. The van der Waals surface area contributed by atoms with Crippen molar-refractivity contribution in [3.05, 3.63) is 68.9 Å². The quantitative estimate of drug-likeness (QED) is 0.485. The van der Waals surface area contributed by atoms with Gasteiger partial charge in [-0.25, -0.2) is 9.37 Å². The van der Waals surface area contributed by atoms with E-state index in [9.17, 15) is 9.18 Å². The molecule has 7 heteroatoms. The van der Waals surface area contributed by atoms with Crippen molar-refractivity contribution in [3.8, 4) is 5.75 Å². The molecular weight excluding hydrogens is 431 g/mol. The summed E-state index contributed by atoms with van der Waals surface area (Å²) in [6, 6.07) is 10.1. The fraction of sp³-hybridized carbons (Fsp3) is 0.200. The lowest BCUT2D eigenvalue weighted by atomic mass is 10.1. The number of carbonyl (C=O) groups excluding carboxylic acids is 1. The molecule has 140 valence electrons. The highest BCUT2D eigenvalue weighted by atomic mass is 79.9. The van der Waals surface area contributed by atoms with E-state index >= 15 is 0 Å². The molecule has 3 aromatic rings. The van der Waals surface area contributed by atoms with Crippen molar-refractivity contribution in [2.75, 3.05) is 4.90 Å². The first-order chi connectivity index (χ1) is 12.8. The van der Waals surface area contributed by atoms with Crippen LogP contribution in [0.15, 0.2) is 46.3 Å². The molecule has 0 fully saturated rings. The van der Waals surface area contributed by atoms with Gasteiger partial charge in [0, 0.05) is 12.3 Å². The number of amides is 1. The molecule has 0 saturated carbocycles. The second-order valence-electron chi connectivity index (χ2n) is 6.11. The fourth-order valence-electron chi connectivity index (χ4n) is 2.50. The molecule has 0 unspecified atom stereocenters. The third kappa shape index (κ3) is 4.54. The SMILES string of the molecule is CC(=O)N(c1ccc(C)c(C)c1)c1nc(COc2ccc(F)cc2Br)cs1. The van der Waals surface area contributed by atoms with E-state index in [4.69, 9.17) is 4.74 Å². The Hall–Kier alpha value is -2.25. The van der Waals surface area contributed by atoms with E-state index in [0.29, 0.717) is 21.0 Å². The zero-order valence-corrected chi connectivity index (χ0v) is 17.5. The van der Waals surface area contributed by atoms with Crippen LogP contribution in [0.4, 0.5) is 15.2 Å². The number of ether oxygens (including phenoxy) is 1. The third-order valence-corrected chi connectivity index (χ3v) is 5.56. The summed E-state index contributed by atoms with van der Waals surface area (Å²) in [4.78, 5) is 18.3. The normalized spacial score (nSPS) is 10.7. The van der Waals surface area contributed by atoms with Crippen molar-refractivity contribution in [3.63, 3.8) is 0 Å². The van der Waals surface area contributed by atoms with Gasteiger partial charge in [-0.2, -0.15) is 0 Å². The van der Waals surface area contributed by atoms with Gasteiger partial charge in [0.2, 0.25) is 5.91 Å². The zero-order valence-electron chi connectivity index (χ0n) is 15.1. The number of anilines is 2. The Balaban J connectivity index is 1.79. The summed E-state index contributed by atoms with van der Waals surface area (Å²) in [5, 5.41) is 2.44. The topological polar surface area (TPSA) is 42.4 Å². The lowest BCUT2D eigenvalue weighted by molar-refractivity contribution is -0.115. The number of aryl methyl sites for hydroxylation is 2. The second-order valence-corrected chi connectivity index (χ2v) is 7.80. The summed E-state index contributed by atoms with van der Waals surface area (Å²) >= 11 is 4.65. The van der Waals surface area contributed by atoms with Gasteiger partial charge in [-0.05, 0) is 71.2 Å². The van der Waals surface area contributed by atoms with Crippen LogP contribution in [-0.2, 0) is 11.4 Å². The van der Waals surface area contributed by atoms with E-state index in [2.05, 4.69) is 20.9 Å². The van der Waals surface area contributed by atoms with E-state index in [0.717, 1.165) is 11.3 Å². The van der Waals surface area contributed by atoms with Gasteiger partial charge in [0.1, 0.15) is 18.2 Å². The number of hydrogen-bond donors (Lipinski definition) is 0. The summed E-state index contributed by atoms with van der Waals surface area (Å²) in [7, 11) is 0. The molecular formula is C20H18BrFN2O2S. The maximum atomic E-state index is 13.2. The number of carbonyl (C=O) groups is 1. The molecule has 0 saturated heterocycles. The summed E-state index contributed by atoms with van der Waals surface area (Å²) in [5.41, 5.74) is 3.76. The average molecular weight is 449 g/mol. The average Bonchev–Trinajstić information content (AvgIpc) is 3.05. The first kappa shape index (κ1) is 19.5. The van der Waals surface area contributed by atoms with Crippen LogP contribution in [0.3, 0.4) is 0 Å². The lowest BCUT2D eigenvalue weighted by Gasteiger charge is -2.19. The highest BCUT2D eigenvalue weighted by molar-refractivity contribution is 9.10. The highest BCUT2D eigenvalue weighted by Gasteiger charge is 2.18. The molecule has 4 nitrogen and oxygen atoms in total. The van der Waals surface area contributed by atoms with Gasteiger partial charge in [-0.1, -0.05) is 6.07 Å². The van der Waals surface area contributed by atoms with E-state index in [1.807, 2.05) is 37.4 Å². The Kier molecular flexibility index (Phi) is 5.92. The number of thiazole rings is 1. The smallest absolute Gasteiger partial charge is 0.230 e. The number of halogens is 2. The fourth-order valence-corrected chi connectivity index (χ4v) is 3.84. The van der Waals surface area contributed by atoms with Crippen LogP contribution in [0.5, 0.6) is 5.75 Å². The van der Waals surface area contributed by atoms with Crippen molar-refractivity contribution >= 4 is 44.0 Å². The Morgan fingerprint density at radius 3 is 2.67 bits per heavy atom. The molecule has 3 rings (SSSR count). The van der Waals surface area contributed by atoms with Gasteiger partial charge < -0.3 is 4.74 Å². The standard InChI is InChI=1S/C20H18BrFN2O2S/c1-12-4-6-17(8-13(12)2)24(14(3)25)20-23-16(11-27-20)10-26-19-7-5-15(22)9-18(19)21/h4-9,11H,10H2,1-3H3. The maximum Gasteiger partial charge on any atom is 0.230 e. The minimum Gasteiger partial charge on any atom is -0.486 e. The van der Waals surface area contributed by atoms with Gasteiger partial charge in [0.25, 0.3) is 0 Å². The van der Waals surface area contributed by atoms with Gasteiger partial charge in [-0.15, -0.1) is 11.3 Å². The van der Waals surface area contributed by atoms with Crippen molar-refractivity contribution in [1.29, 1.82) is 0 Å². The molecule has 0 spiro atoms. The van der Waals surface area contributed by atoms with Crippen LogP contribution in [0.2, 0.25) is 0 Å². The molecule has 0 bridgehead atoms. The summed E-state index contributed by atoms with van der Waals surface area (Å²) in [6.07, 6.45) is 0. The molecule has 0 aliphatic carbocycles. The summed E-state index contributed by atoms with van der Waals surface area (Å²) in [5.74, 6) is 0.0838. The molecule has 1 heterocycles. The second kappa shape index (κ2) is 8.19. The van der Waals surface area contributed by atoms with Gasteiger partial charge in [0.05, 0.1) is 15.9 Å². The third-order valence-electron chi connectivity index (χ3n) is 4.06. The van der Waals surface area contributed by atoms with E-state index in [1.54, 1.807) is 11.0 Å². The lowest BCUT2D eigenvalue weighted by Crippen LogP contribution is -2.22. The molecule has 0 radical (unpaired) electrons. The first-order valence-electron chi connectivity index (χ1n) is 8.25.